The van der Waals surface area contributed by atoms with Gasteiger partial charge in [-0.1, -0.05) is 0 Å². The molecule has 0 saturated carbocycles. The molecular formula is C12H14N6O2S. The highest BCUT2D eigenvalue weighted by molar-refractivity contribution is 7.09. The summed E-state index contributed by atoms with van der Waals surface area (Å²) in [5, 5.41) is 6.10. The number of hydrogen-bond donors (Lipinski definition) is 2. The molecule has 3 aromatic heterocycles. The fourth-order valence-electron chi connectivity index (χ4n) is 2.13. The molecule has 110 valence electrons. The minimum atomic E-state index is -0.479. The van der Waals surface area contributed by atoms with E-state index in [-0.39, 0.29) is 0 Å². The Morgan fingerprint density at radius 2 is 2.05 bits per heavy atom. The number of hydrogen-bond acceptors (Lipinski definition) is 6. The van der Waals surface area contributed by atoms with E-state index in [9.17, 15) is 9.59 Å². The van der Waals surface area contributed by atoms with Gasteiger partial charge in [0.15, 0.2) is 11.2 Å². The van der Waals surface area contributed by atoms with Gasteiger partial charge in [-0.25, -0.2) is 9.78 Å². The molecule has 0 fully saturated rings. The zero-order valence-corrected chi connectivity index (χ0v) is 12.6. The van der Waals surface area contributed by atoms with Gasteiger partial charge in [0, 0.05) is 19.5 Å². The molecule has 0 aliphatic carbocycles. The van der Waals surface area contributed by atoms with Crippen LogP contribution in [-0.4, -0.2) is 24.1 Å². The lowest BCUT2D eigenvalue weighted by Gasteiger charge is -2.03. The maximum atomic E-state index is 11.9. The number of aromatic nitrogens is 5. The Hall–Kier alpha value is -2.42. The molecule has 0 radical (unpaired) electrons. The fourth-order valence-corrected chi connectivity index (χ4v) is 2.74. The SMILES string of the molecule is Cc1nc(CNc2nc3c(c(=O)[nH]c(=O)n3C)n2C)cs1. The van der Waals surface area contributed by atoms with Crippen LogP contribution < -0.4 is 16.6 Å². The van der Waals surface area contributed by atoms with Crippen LogP contribution in [0.15, 0.2) is 15.0 Å². The van der Waals surface area contributed by atoms with Crippen LogP contribution in [0.5, 0.6) is 0 Å². The first kappa shape index (κ1) is 13.6. The van der Waals surface area contributed by atoms with E-state index >= 15 is 0 Å². The van der Waals surface area contributed by atoms with Gasteiger partial charge < -0.3 is 9.88 Å². The first-order valence-electron chi connectivity index (χ1n) is 6.28. The van der Waals surface area contributed by atoms with Crippen LogP contribution in [0.2, 0.25) is 0 Å². The van der Waals surface area contributed by atoms with Crippen LogP contribution in [0, 0.1) is 6.92 Å². The van der Waals surface area contributed by atoms with E-state index in [1.54, 1.807) is 30.0 Å². The molecule has 9 heteroatoms. The van der Waals surface area contributed by atoms with Gasteiger partial charge in [0.05, 0.1) is 17.2 Å². The monoisotopic (exact) mass is 306 g/mol. The molecule has 8 nitrogen and oxygen atoms in total. The Bertz CT molecular complexity index is 932. The predicted molar refractivity (Wildman–Crippen MR) is 80.8 cm³/mol. The summed E-state index contributed by atoms with van der Waals surface area (Å²) in [5.74, 6) is 0.516. The standard InChI is InChI=1S/C12H14N6O2S/c1-6-14-7(5-21-6)4-13-11-15-9-8(17(11)2)10(19)16-12(20)18(9)3/h5H,4H2,1-3H3,(H,13,15)(H,16,19,20). The average Bonchev–Trinajstić information content (AvgIpc) is 2.98. The van der Waals surface area contributed by atoms with E-state index in [2.05, 4.69) is 20.3 Å². The lowest BCUT2D eigenvalue weighted by molar-refractivity contribution is 0.829. The van der Waals surface area contributed by atoms with Crippen molar-refractivity contribution in [2.45, 2.75) is 13.5 Å². The molecule has 0 unspecified atom stereocenters. The lowest BCUT2D eigenvalue weighted by Crippen LogP contribution is -2.29. The molecule has 0 aromatic carbocycles. The highest BCUT2D eigenvalue weighted by Gasteiger charge is 2.14. The van der Waals surface area contributed by atoms with Gasteiger partial charge in [-0.05, 0) is 6.92 Å². The Morgan fingerprint density at radius 1 is 1.29 bits per heavy atom. The number of fused-ring (bicyclic) bond motifs is 1. The second kappa shape index (κ2) is 4.85. The molecule has 3 heterocycles. The molecule has 0 amide bonds. The number of aromatic amines is 1. The average molecular weight is 306 g/mol. The van der Waals surface area contributed by atoms with Crippen LogP contribution in [0.4, 0.5) is 5.95 Å². The van der Waals surface area contributed by atoms with Gasteiger partial charge >= 0.3 is 5.69 Å². The zero-order chi connectivity index (χ0) is 15.1. The first-order chi connectivity index (χ1) is 9.97. The number of imidazole rings is 1. The number of aryl methyl sites for hydroxylation is 3. The van der Waals surface area contributed by atoms with Crippen molar-refractivity contribution in [1.82, 2.24) is 24.1 Å². The van der Waals surface area contributed by atoms with Crippen molar-refractivity contribution in [1.29, 1.82) is 0 Å². The number of anilines is 1. The summed E-state index contributed by atoms with van der Waals surface area (Å²) >= 11 is 1.58. The van der Waals surface area contributed by atoms with Crippen molar-refractivity contribution >= 4 is 28.4 Å². The van der Waals surface area contributed by atoms with Crippen LogP contribution in [0.3, 0.4) is 0 Å². The Kier molecular flexibility index (Phi) is 3.13. The predicted octanol–water partition coefficient (Wildman–Crippen LogP) is 0.337. The minimum Gasteiger partial charge on any atom is -0.350 e. The largest absolute Gasteiger partial charge is 0.350 e. The van der Waals surface area contributed by atoms with Crippen molar-refractivity contribution in [2.24, 2.45) is 14.1 Å². The molecular weight excluding hydrogens is 292 g/mol. The molecule has 0 saturated heterocycles. The quantitative estimate of drug-likeness (QED) is 0.727. The van der Waals surface area contributed by atoms with Crippen LogP contribution in [-0.2, 0) is 20.6 Å². The molecule has 0 atom stereocenters. The summed E-state index contributed by atoms with van der Waals surface area (Å²) in [6.45, 7) is 2.45. The van der Waals surface area contributed by atoms with Gasteiger partial charge in [0.1, 0.15) is 0 Å². The zero-order valence-electron chi connectivity index (χ0n) is 11.8. The van der Waals surface area contributed by atoms with Gasteiger partial charge in [-0.3, -0.25) is 14.3 Å². The lowest BCUT2D eigenvalue weighted by atomic mass is 10.5. The number of thiazole rings is 1. The number of nitrogens with zero attached hydrogens (tertiary/aromatic N) is 4. The fraction of sp³-hybridized carbons (Fsp3) is 0.333. The molecule has 21 heavy (non-hydrogen) atoms. The van der Waals surface area contributed by atoms with Crippen molar-refractivity contribution in [2.75, 3.05) is 5.32 Å². The second-order valence-corrected chi connectivity index (χ2v) is 5.76. The minimum absolute atomic E-state index is 0.350. The smallest absolute Gasteiger partial charge is 0.329 e. The van der Waals surface area contributed by atoms with Gasteiger partial charge in [-0.15, -0.1) is 11.3 Å². The number of H-pyrrole nitrogens is 1. The van der Waals surface area contributed by atoms with Gasteiger partial charge in [-0.2, -0.15) is 4.98 Å². The van der Waals surface area contributed by atoms with E-state index < -0.39 is 11.2 Å². The molecule has 0 aliphatic heterocycles. The first-order valence-corrected chi connectivity index (χ1v) is 7.16. The maximum Gasteiger partial charge on any atom is 0.329 e. The highest BCUT2D eigenvalue weighted by Crippen LogP contribution is 2.14. The third-order valence-corrected chi connectivity index (χ3v) is 4.05. The van der Waals surface area contributed by atoms with Crippen molar-refractivity contribution in [3.05, 3.63) is 36.9 Å². The summed E-state index contributed by atoms with van der Waals surface area (Å²) in [4.78, 5) is 34.4. The van der Waals surface area contributed by atoms with Crippen LogP contribution in [0.25, 0.3) is 11.2 Å². The second-order valence-electron chi connectivity index (χ2n) is 4.70. The number of rotatable bonds is 3. The Balaban J connectivity index is 2.02. The molecule has 2 N–H and O–H groups in total. The van der Waals surface area contributed by atoms with Crippen LogP contribution in [0.1, 0.15) is 10.7 Å². The van der Waals surface area contributed by atoms with Crippen LogP contribution >= 0.6 is 11.3 Å². The van der Waals surface area contributed by atoms with Crippen molar-refractivity contribution in [3.63, 3.8) is 0 Å². The highest BCUT2D eigenvalue weighted by atomic mass is 32.1. The van der Waals surface area contributed by atoms with E-state index in [0.29, 0.717) is 23.7 Å². The molecule has 3 rings (SSSR count). The number of nitrogens with one attached hydrogen (secondary N) is 2. The van der Waals surface area contributed by atoms with E-state index in [1.807, 2.05) is 12.3 Å². The molecule has 0 bridgehead atoms. The van der Waals surface area contributed by atoms with E-state index in [0.717, 1.165) is 10.7 Å². The third-order valence-electron chi connectivity index (χ3n) is 3.23. The van der Waals surface area contributed by atoms with Crippen molar-refractivity contribution < 1.29 is 0 Å². The molecule has 0 spiro atoms. The van der Waals surface area contributed by atoms with E-state index in [4.69, 9.17) is 0 Å². The summed E-state index contributed by atoms with van der Waals surface area (Å²) < 4.78 is 2.95. The Labute approximate surface area is 123 Å². The normalized spacial score (nSPS) is 11.2. The molecule has 3 aromatic rings. The Morgan fingerprint density at radius 3 is 2.71 bits per heavy atom. The summed E-state index contributed by atoms with van der Waals surface area (Å²) in [6, 6.07) is 0. The van der Waals surface area contributed by atoms with E-state index in [1.165, 1.54) is 4.57 Å². The maximum absolute atomic E-state index is 11.9. The third kappa shape index (κ3) is 2.25. The van der Waals surface area contributed by atoms with Gasteiger partial charge in [0.25, 0.3) is 5.56 Å². The molecule has 0 aliphatic rings. The topological polar surface area (TPSA) is 97.6 Å². The summed E-state index contributed by atoms with van der Waals surface area (Å²) in [5.41, 5.74) is 0.692. The van der Waals surface area contributed by atoms with Crippen molar-refractivity contribution in [3.8, 4) is 0 Å². The summed E-state index contributed by atoms with van der Waals surface area (Å²) in [7, 11) is 3.30. The summed E-state index contributed by atoms with van der Waals surface area (Å²) in [6.07, 6.45) is 0. The van der Waals surface area contributed by atoms with Gasteiger partial charge in [0.2, 0.25) is 5.95 Å².